The van der Waals surface area contributed by atoms with Crippen molar-refractivity contribution in [1.82, 2.24) is 0 Å². The fourth-order valence-corrected chi connectivity index (χ4v) is 3.24. The number of hydrogen-bond acceptors (Lipinski definition) is 2. The lowest BCUT2D eigenvalue weighted by Gasteiger charge is -2.21. The molecule has 1 aliphatic rings. The van der Waals surface area contributed by atoms with Crippen LogP contribution in [0.5, 0.6) is 0 Å². The first-order valence-electron chi connectivity index (χ1n) is 8.77. The van der Waals surface area contributed by atoms with Crippen molar-refractivity contribution in [2.75, 3.05) is 10.6 Å². The summed E-state index contributed by atoms with van der Waals surface area (Å²) in [7, 11) is 0. The first-order chi connectivity index (χ1) is 12.3. The fourth-order valence-electron chi connectivity index (χ4n) is 3.24. The molecule has 3 aromatic carbocycles. The first kappa shape index (κ1) is 15.5. The normalized spacial score (nSPS) is 15.5. The van der Waals surface area contributed by atoms with Crippen LogP contribution in [0.25, 0.3) is 6.08 Å². The van der Waals surface area contributed by atoms with E-state index in [0.29, 0.717) is 5.92 Å². The second-order valence-corrected chi connectivity index (χ2v) is 6.62. The van der Waals surface area contributed by atoms with Gasteiger partial charge in [-0.3, -0.25) is 0 Å². The van der Waals surface area contributed by atoms with Gasteiger partial charge in [-0.15, -0.1) is 0 Å². The Morgan fingerprint density at radius 2 is 1.32 bits per heavy atom. The topological polar surface area (TPSA) is 24.1 Å². The van der Waals surface area contributed by atoms with Gasteiger partial charge in [-0.1, -0.05) is 55.5 Å². The van der Waals surface area contributed by atoms with Crippen molar-refractivity contribution >= 4 is 28.8 Å². The summed E-state index contributed by atoms with van der Waals surface area (Å²) in [5.74, 6) is 0.588. The second-order valence-electron chi connectivity index (χ2n) is 6.62. The van der Waals surface area contributed by atoms with Crippen LogP contribution in [0.3, 0.4) is 0 Å². The van der Waals surface area contributed by atoms with Crippen LogP contribution in [0, 0.1) is 5.92 Å². The van der Waals surface area contributed by atoms with Crippen molar-refractivity contribution in [3.63, 3.8) is 0 Å². The van der Waals surface area contributed by atoms with Gasteiger partial charge < -0.3 is 10.6 Å². The van der Waals surface area contributed by atoms with Gasteiger partial charge >= 0.3 is 0 Å². The van der Waals surface area contributed by atoms with Gasteiger partial charge in [0.05, 0.1) is 11.4 Å². The van der Waals surface area contributed by atoms with Crippen LogP contribution in [0.4, 0.5) is 22.7 Å². The lowest BCUT2D eigenvalue weighted by molar-refractivity contribution is 0.717. The highest BCUT2D eigenvalue weighted by Crippen LogP contribution is 2.35. The van der Waals surface area contributed by atoms with Gasteiger partial charge in [0.25, 0.3) is 0 Å². The average Bonchev–Trinajstić information content (AvgIpc) is 2.64. The standard InChI is InChI=1S/C23H22N2/c1-17-12-13-18-15-22(24-20-8-4-2-5-9-20)23(16-19(18)14-17)25-21-10-6-3-7-11-21/h2-13,15-17,24-25H,14H2,1H3. The Balaban J connectivity index is 1.74. The van der Waals surface area contributed by atoms with Crippen molar-refractivity contribution in [3.8, 4) is 0 Å². The maximum absolute atomic E-state index is 3.57. The van der Waals surface area contributed by atoms with E-state index in [1.54, 1.807) is 0 Å². The molecule has 4 rings (SSSR count). The minimum Gasteiger partial charge on any atom is -0.354 e. The lowest BCUT2D eigenvalue weighted by atomic mass is 9.90. The molecule has 0 aromatic heterocycles. The minimum atomic E-state index is 0.588. The van der Waals surface area contributed by atoms with Crippen molar-refractivity contribution in [2.45, 2.75) is 13.3 Å². The van der Waals surface area contributed by atoms with Gasteiger partial charge in [-0.25, -0.2) is 0 Å². The first-order valence-corrected chi connectivity index (χ1v) is 8.77. The molecule has 2 nitrogen and oxygen atoms in total. The molecule has 0 aliphatic heterocycles. The van der Waals surface area contributed by atoms with Crippen molar-refractivity contribution in [1.29, 1.82) is 0 Å². The summed E-state index contributed by atoms with van der Waals surface area (Å²) < 4.78 is 0. The largest absolute Gasteiger partial charge is 0.354 e. The van der Waals surface area contributed by atoms with E-state index in [1.807, 2.05) is 24.3 Å². The van der Waals surface area contributed by atoms with E-state index in [2.05, 4.69) is 78.2 Å². The molecule has 2 N–H and O–H groups in total. The Bertz CT molecular complexity index is 883. The molecule has 0 radical (unpaired) electrons. The third-order valence-corrected chi connectivity index (χ3v) is 4.53. The quantitative estimate of drug-likeness (QED) is 0.581. The van der Waals surface area contributed by atoms with Crippen molar-refractivity contribution < 1.29 is 0 Å². The van der Waals surface area contributed by atoms with E-state index >= 15 is 0 Å². The SMILES string of the molecule is CC1C=Cc2cc(Nc3ccccc3)c(Nc3ccccc3)cc2C1. The van der Waals surface area contributed by atoms with E-state index in [-0.39, 0.29) is 0 Å². The molecule has 1 atom stereocenters. The van der Waals surface area contributed by atoms with Crippen LogP contribution >= 0.6 is 0 Å². The van der Waals surface area contributed by atoms with Gasteiger partial charge in [0.2, 0.25) is 0 Å². The number of fused-ring (bicyclic) bond motifs is 1. The molecule has 1 unspecified atom stereocenters. The fraction of sp³-hybridized carbons (Fsp3) is 0.130. The maximum atomic E-state index is 3.57. The Hall–Kier alpha value is -3.00. The molecule has 0 amide bonds. The Morgan fingerprint density at radius 3 is 1.92 bits per heavy atom. The highest BCUT2D eigenvalue weighted by atomic mass is 15.0. The summed E-state index contributed by atoms with van der Waals surface area (Å²) in [5, 5.41) is 7.13. The summed E-state index contributed by atoms with van der Waals surface area (Å²) in [4.78, 5) is 0. The molecule has 0 spiro atoms. The number of hydrogen-bond donors (Lipinski definition) is 2. The predicted octanol–water partition coefficient (Wildman–Crippen LogP) is 6.38. The third-order valence-electron chi connectivity index (χ3n) is 4.53. The van der Waals surface area contributed by atoms with Crippen LogP contribution in [-0.4, -0.2) is 0 Å². The minimum absolute atomic E-state index is 0.588. The number of para-hydroxylation sites is 2. The number of nitrogens with one attached hydrogen (secondary N) is 2. The lowest BCUT2D eigenvalue weighted by Crippen LogP contribution is -2.06. The maximum Gasteiger partial charge on any atom is 0.0629 e. The Morgan fingerprint density at radius 1 is 0.760 bits per heavy atom. The molecule has 124 valence electrons. The Kier molecular flexibility index (Phi) is 4.26. The summed E-state index contributed by atoms with van der Waals surface area (Å²) in [5.41, 5.74) is 7.08. The molecule has 0 saturated heterocycles. The van der Waals surface area contributed by atoms with Gasteiger partial charge in [-0.05, 0) is 59.9 Å². The molecule has 2 heteroatoms. The van der Waals surface area contributed by atoms with Gasteiger partial charge in [0, 0.05) is 11.4 Å². The van der Waals surface area contributed by atoms with Crippen molar-refractivity contribution in [2.24, 2.45) is 5.92 Å². The summed E-state index contributed by atoms with van der Waals surface area (Å²) in [6, 6.07) is 25.2. The van der Waals surface area contributed by atoms with E-state index < -0.39 is 0 Å². The van der Waals surface area contributed by atoms with Gasteiger partial charge in [-0.2, -0.15) is 0 Å². The Labute approximate surface area is 149 Å². The molecular weight excluding hydrogens is 304 g/mol. The predicted molar refractivity (Wildman–Crippen MR) is 108 cm³/mol. The monoisotopic (exact) mass is 326 g/mol. The van der Waals surface area contributed by atoms with Crippen LogP contribution in [0.2, 0.25) is 0 Å². The third kappa shape index (κ3) is 3.58. The van der Waals surface area contributed by atoms with Crippen LogP contribution in [-0.2, 0) is 6.42 Å². The highest BCUT2D eigenvalue weighted by molar-refractivity contribution is 5.82. The van der Waals surface area contributed by atoms with E-state index in [9.17, 15) is 0 Å². The number of benzene rings is 3. The van der Waals surface area contributed by atoms with Crippen LogP contribution in [0.1, 0.15) is 18.1 Å². The molecule has 3 aromatic rings. The highest BCUT2D eigenvalue weighted by Gasteiger charge is 2.14. The zero-order chi connectivity index (χ0) is 17.1. The summed E-state index contributed by atoms with van der Waals surface area (Å²) in [6.07, 6.45) is 5.62. The second kappa shape index (κ2) is 6.86. The molecule has 0 saturated carbocycles. The van der Waals surface area contributed by atoms with E-state index in [1.165, 1.54) is 11.1 Å². The summed E-state index contributed by atoms with van der Waals surface area (Å²) >= 11 is 0. The molecule has 0 heterocycles. The molecule has 1 aliphatic carbocycles. The smallest absolute Gasteiger partial charge is 0.0629 e. The number of rotatable bonds is 4. The molecule has 0 bridgehead atoms. The van der Waals surface area contributed by atoms with E-state index in [0.717, 1.165) is 29.2 Å². The van der Waals surface area contributed by atoms with Crippen LogP contribution < -0.4 is 10.6 Å². The van der Waals surface area contributed by atoms with Crippen molar-refractivity contribution in [3.05, 3.63) is 90.0 Å². The van der Waals surface area contributed by atoms with Gasteiger partial charge in [0.1, 0.15) is 0 Å². The zero-order valence-corrected chi connectivity index (χ0v) is 14.4. The number of anilines is 4. The average molecular weight is 326 g/mol. The van der Waals surface area contributed by atoms with Gasteiger partial charge in [0.15, 0.2) is 0 Å². The molecule has 0 fully saturated rings. The number of allylic oxidation sites excluding steroid dienone is 1. The van der Waals surface area contributed by atoms with E-state index in [4.69, 9.17) is 0 Å². The van der Waals surface area contributed by atoms with Crippen LogP contribution in [0.15, 0.2) is 78.9 Å². The molecule has 25 heavy (non-hydrogen) atoms. The molecular formula is C23H22N2. The zero-order valence-electron chi connectivity index (χ0n) is 14.4. The summed E-state index contributed by atoms with van der Waals surface area (Å²) in [6.45, 7) is 2.26.